The molecule has 0 aromatic carbocycles. The summed E-state index contributed by atoms with van der Waals surface area (Å²) in [6, 6.07) is 0. The predicted molar refractivity (Wildman–Crippen MR) is 456 cm³/mol. The molecule has 0 unspecified atom stereocenters. The Morgan fingerprint density at radius 1 is 0.317 bits per heavy atom. The second-order valence-corrected chi connectivity index (χ2v) is 36.0. The van der Waals surface area contributed by atoms with E-state index < -0.39 is 184 Å². The van der Waals surface area contributed by atoms with E-state index in [2.05, 4.69) is 27.7 Å². The fraction of sp³-hybridized carbons (Fsp3) is 0.957. The highest BCUT2D eigenvalue weighted by Gasteiger charge is 2.59. The molecule has 0 bridgehead atoms. The van der Waals surface area contributed by atoms with Crippen molar-refractivity contribution in [1.29, 1.82) is 0 Å². The predicted octanol–water partition coefficient (Wildman–Crippen LogP) is 16.3. The number of hydrogen-bond acceptors (Lipinski definition) is 26. The van der Waals surface area contributed by atoms with Crippen LogP contribution in [0.25, 0.3) is 0 Å². The molecule has 0 aromatic rings. The van der Waals surface area contributed by atoms with E-state index in [4.69, 9.17) is 66.3 Å². The minimum atomic E-state index is -2.06. The summed E-state index contributed by atoms with van der Waals surface area (Å²) in [4.78, 5) is 56.0. The Hall–Kier alpha value is -2.84. The van der Waals surface area contributed by atoms with Crippen molar-refractivity contribution in [3.63, 3.8) is 0 Å². The molecule has 6 aliphatic heterocycles. The number of esters is 4. The van der Waals surface area contributed by atoms with Crippen molar-refractivity contribution < 1.29 is 126 Å². The molecule has 6 aliphatic rings. The number of fused-ring (bicyclic) bond motifs is 2. The SMILES string of the molecule is CCCCCCCCCCCCCCCC(=O)OC[C@H]1O[C@@H](O[C@@H]2[C@@H](O[C@@H]3O[C@@H](C)[C@H](OC(=O)CCCCCCCCCCCCCCC)[C@@H](O)[C@H]3O)[C@@H](C)O[C@@H](O[C@@H]3[C@@H](O)[C@H]4OC(=O)CCCCCCCCC[C@H](CCCCC)O[C@@H]5O[C@H](C)[C@H](O)[C@H](O)[C@H]5O[C@@H]4O[C@H]3C)[C@@H]2OC(=O)CCCCCCCCCCCCCCC)[C@H](O)[C@@H](O)[C@@H]1O. The molecule has 26 atom stereocenters. The Morgan fingerprint density at radius 2 is 0.700 bits per heavy atom. The molecular weight excluding hydrogens is 1550 g/mol. The lowest BCUT2D eigenvalue weighted by Gasteiger charge is -2.51. The maximum atomic E-state index is 14.8. The van der Waals surface area contributed by atoms with E-state index in [-0.39, 0.29) is 31.8 Å². The minimum Gasteiger partial charge on any atom is -0.463 e. The molecule has 0 amide bonds. The highest BCUT2D eigenvalue weighted by molar-refractivity contribution is 5.70. The standard InChI is InChI=1S/C94H170O26/c1-9-13-17-20-23-26-29-32-35-38-43-48-54-60-71(95)107-64-70-76(100)77(101)80(104)91(113-70)120-88-85(118-90-81(105)79(103)83(66(6)109-90)114-72(96)61-55-49-44-39-36-33-30-27-24-21-18-14-10-2)68(8)111-94(89(88)116-74(98)63-57-50-45-40-37-34-31-28-25-22-19-15-11-3)117-84-67(7)110-93-87(82(84)106)115-73(97)62-56-51-46-41-42-47-53-59-69(58-52-16-12-4)112-92-86(119-93)78(102)75(99)65(5)108-92/h65-70,75-94,99-106H,9-64H2,1-8H3/t65-,66+,67+,68-,69+,70-,75+,76-,77+,78+,79+,80-,81-,82-,83+,84+,85+,86-,87-,88-,89-,90+,91+,92+,93+,94+/m1/s1. The van der Waals surface area contributed by atoms with Gasteiger partial charge in [0.25, 0.3) is 0 Å². The number of hydrogen-bond donors (Lipinski definition) is 8. The molecule has 6 saturated heterocycles. The van der Waals surface area contributed by atoms with Crippen LogP contribution in [0.1, 0.15) is 409 Å². The zero-order chi connectivity index (χ0) is 86.8. The third kappa shape index (κ3) is 39.0. The van der Waals surface area contributed by atoms with Gasteiger partial charge in [-0.2, -0.15) is 0 Å². The first-order valence-electron chi connectivity index (χ1n) is 48.9. The van der Waals surface area contributed by atoms with Gasteiger partial charge in [-0.05, 0) is 66.2 Å². The third-order valence-electron chi connectivity index (χ3n) is 25.4. The van der Waals surface area contributed by atoms with Crippen LogP contribution < -0.4 is 0 Å². The maximum absolute atomic E-state index is 14.8. The molecule has 6 rings (SSSR count). The average molecular weight is 1720 g/mol. The number of ether oxygens (including phenoxy) is 14. The smallest absolute Gasteiger partial charge is 0.306 e. The molecule has 6 heterocycles. The summed E-state index contributed by atoms with van der Waals surface area (Å²) < 4.78 is 90.4. The summed E-state index contributed by atoms with van der Waals surface area (Å²) in [5, 5.41) is 95.8. The normalized spacial score (nSPS) is 33.1. The quantitative estimate of drug-likeness (QED) is 0.0159. The molecule has 0 radical (unpaired) electrons. The Bertz CT molecular complexity index is 2630. The van der Waals surface area contributed by atoms with E-state index in [1.807, 2.05) is 0 Å². The number of unbranched alkanes of at least 4 members (excludes halogenated alkanes) is 38. The highest BCUT2D eigenvalue weighted by Crippen LogP contribution is 2.40. The molecule has 702 valence electrons. The largest absolute Gasteiger partial charge is 0.463 e. The first-order valence-corrected chi connectivity index (χ1v) is 48.9. The van der Waals surface area contributed by atoms with Crippen molar-refractivity contribution >= 4 is 23.9 Å². The second-order valence-electron chi connectivity index (χ2n) is 36.0. The molecular formula is C94H170O26. The van der Waals surface area contributed by atoms with Crippen molar-refractivity contribution in [3.8, 4) is 0 Å². The van der Waals surface area contributed by atoms with Gasteiger partial charge in [-0.25, -0.2) is 0 Å². The fourth-order valence-electron chi connectivity index (χ4n) is 17.6. The number of aliphatic hydroxyl groups excluding tert-OH is 8. The molecule has 120 heavy (non-hydrogen) atoms. The lowest BCUT2D eigenvalue weighted by atomic mass is 9.95. The lowest BCUT2D eigenvalue weighted by Crippen LogP contribution is -2.68. The summed E-state index contributed by atoms with van der Waals surface area (Å²) in [6.07, 6.45) is 12.4. The highest BCUT2D eigenvalue weighted by atomic mass is 16.8. The van der Waals surface area contributed by atoms with E-state index in [0.717, 1.165) is 141 Å². The van der Waals surface area contributed by atoms with Crippen molar-refractivity contribution in [1.82, 2.24) is 0 Å². The van der Waals surface area contributed by atoms with E-state index in [0.29, 0.717) is 44.9 Å². The summed E-state index contributed by atoms with van der Waals surface area (Å²) in [5.41, 5.74) is 0. The number of aliphatic hydroxyl groups is 8. The average Bonchev–Trinajstić information content (AvgIpc) is 0.760. The molecule has 0 saturated carbocycles. The van der Waals surface area contributed by atoms with Crippen LogP contribution >= 0.6 is 0 Å². The Kier molecular flexibility index (Phi) is 55.1. The van der Waals surface area contributed by atoms with Crippen LogP contribution in [0.5, 0.6) is 0 Å². The van der Waals surface area contributed by atoms with E-state index in [1.165, 1.54) is 148 Å². The molecule has 26 heteroatoms. The van der Waals surface area contributed by atoms with Crippen LogP contribution in [0.2, 0.25) is 0 Å². The fourth-order valence-corrected chi connectivity index (χ4v) is 17.6. The van der Waals surface area contributed by atoms with Crippen LogP contribution in [0, 0.1) is 0 Å². The van der Waals surface area contributed by atoms with Crippen LogP contribution in [-0.4, -0.2) is 231 Å². The van der Waals surface area contributed by atoms with Gasteiger partial charge in [-0.1, -0.05) is 317 Å². The lowest BCUT2D eigenvalue weighted by molar-refractivity contribution is -0.400. The van der Waals surface area contributed by atoms with Gasteiger partial charge >= 0.3 is 23.9 Å². The van der Waals surface area contributed by atoms with Gasteiger partial charge in [0, 0.05) is 25.7 Å². The summed E-state index contributed by atoms with van der Waals surface area (Å²) >= 11 is 0. The molecule has 0 spiro atoms. The Morgan fingerprint density at radius 3 is 1.21 bits per heavy atom. The molecule has 0 aliphatic carbocycles. The van der Waals surface area contributed by atoms with Crippen molar-refractivity contribution in [2.24, 2.45) is 0 Å². The number of carbonyl (C=O) groups is 4. The van der Waals surface area contributed by atoms with Gasteiger partial charge in [0.05, 0.1) is 30.5 Å². The Balaban J connectivity index is 1.28. The van der Waals surface area contributed by atoms with Crippen molar-refractivity contribution in [2.45, 2.75) is 568 Å². The summed E-state index contributed by atoms with van der Waals surface area (Å²) in [6.45, 7) is 14.5. The van der Waals surface area contributed by atoms with Crippen molar-refractivity contribution in [3.05, 3.63) is 0 Å². The first kappa shape index (κ1) is 106. The van der Waals surface area contributed by atoms with E-state index in [1.54, 1.807) is 20.8 Å². The zero-order valence-electron chi connectivity index (χ0n) is 75.5. The Labute approximate surface area is 721 Å². The summed E-state index contributed by atoms with van der Waals surface area (Å²) in [7, 11) is 0. The topological polar surface area (TPSA) is 359 Å². The van der Waals surface area contributed by atoms with Gasteiger partial charge < -0.3 is 107 Å². The second kappa shape index (κ2) is 62.4. The van der Waals surface area contributed by atoms with Crippen LogP contribution in [0.4, 0.5) is 0 Å². The van der Waals surface area contributed by atoms with Gasteiger partial charge in [-0.15, -0.1) is 0 Å². The zero-order valence-corrected chi connectivity index (χ0v) is 75.5. The van der Waals surface area contributed by atoms with Gasteiger partial charge in [0.1, 0.15) is 86.0 Å². The van der Waals surface area contributed by atoms with E-state index in [9.17, 15) is 60.0 Å². The van der Waals surface area contributed by atoms with E-state index >= 15 is 0 Å². The van der Waals surface area contributed by atoms with Crippen molar-refractivity contribution in [2.75, 3.05) is 6.61 Å². The number of rotatable bonds is 56. The maximum Gasteiger partial charge on any atom is 0.306 e. The van der Waals surface area contributed by atoms with Gasteiger partial charge in [0.2, 0.25) is 0 Å². The number of carbonyl (C=O) groups excluding carboxylic acids is 4. The molecule has 0 aromatic heterocycles. The molecule has 6 fully saturated rings. The van der Waals surface area contributed by atoms with Gasteiger partial charge in [0.15, 0.2) is 49.8 Å². The monoisotopic (exact) mass is 1720 g/mol. The summed E-state index contributed by atoms with van der Waals surface area (Å²) in [5.74, 6) is -2.63. The van der Waals surface area contributed by atoms with Crippen LogP contribution in [-0.2, 0) is 85.5 Å². The minimum absolute atomic E-state index is 0.0430. The third-order valence-corrected chi connectivity index (χ3v) is 25.4. The van der Waals surface area contributed by atoms with Crippen LogP contribution in [0.15, 0.2) is 0 Å². The van der Waals surface area contributed by atoms with Gasteiger partial charge in [-0.3, -0.25) is 19.2 Å². The van der Waals surface area contributed by atoms with Crippen LogP contribution in [0.3, 0.4) is 0 Å². The molecule has 8 N–H and O–H groups in total. The first-order chi connectivity index (χ1) is 58.1. The molecule has 26 nitrogen and oxygen atoms in total.